The van der Waals surface area contributed by atoms with E-state index in [0.717, 1.165) is 24.9 Å². The molecule has 0 fully saturated rings. The molecule has 1 atom stereocenters. The van der Waals surface area contributed by atoms with Crippen molar-refractivity contribution in [1.29, 1.82) is 0 Å². The Kier molecular flexibility index (Phi) is 6.27. The first-order chi connectivity index (χ1) is 11.1. The van der Waals surface area contributed by atoms with Gasteiger partial charge in [0, 0.05) is 38.6 Å². The molecule has 2 aromatic rings. The third-order valence-electron chi connectivity index (χ3n) is 4.02. The summed E-state index contributed by atoms with van der Waals surface area (Å²) in [6.07, 6.45) is 6.05. The van der Waals surface area contributed by atoms with Gasteiger partial charge in [0.15, 0.2) is 0 Å². The number of benzene rings is 1. The lowest BCUT2D eigenvalue weighted by atomic mass is 10.1. The summed E-state index contributed by atoms with van der Waals surface area (Å²) in [7, 11) is 1.84. The minimum absolute atomic E-state index is 0.0187. The van der Waals surface area contributed by atoms with Crippen LogP contribution in [0, 0.1) is 0 Å². The summed E-state index contributed by atoms with van der Waals surface area (Å²) in [5, 5.41) is 3.07. The van der Waals surface area contributed by atoms with Crippen molar-refractivity contribution < 1.29 is 4.79 Å². The van der Waals surface area contributed by atoms with Crippen LogP contribution in [0.4, 0.5) is 4.79 Å². The summed E-state index contributed by atoms with van der Waals surface area (Å²) in [4.78, 5) is 14.0. The topological polar surface area (TPSA) is 37.3 Å². The van der Waals surface area contributed by atoms with Gasteiger partial charge in [-0.2, -0.15) is 0 Å². The van der Waals surface area contributed by atoms with E-state index in [1.165, 1.54) is 5.56 Å². The zero-order valence-electron chi connectivity index (χ0n) is 14.3. The molecule has 1 N–H and O–H groups in total. The third-order valence-corrected chi connectivity index (χ3v) is 4.02. The molecule has 23 heavy (non-hydrogen) atoms. The van der Waals surface area contributed by atoms with E-state index in [1.54, 1.807) is 4.90 Å². The minimum Gasteiger partial charge on any atom is -0.354 e. The van der Waals surface area contributed by atoms with Gasteiger partial charge < -0.3 is 14.8 Å². The second kappa shape index (κ2) is 8.42. The van der Waals surface area contributed by atoms with Crippen LogP contribution in [0.2, 0.25) is 0 Å². The quantitative estimate of drug-likeness (QED) is 0.832. The second-order valence-electron chi connectivity index (χ2n) is 6.08. The van der Waals surface area contributed by atoms with Gasteiger partial charge in [0.1, 0.15) is 0 Å². The molecular weight excluding hydrogens is 286 g/mol. The van der Waals surface area contributed by atoms with Crippen LogP contribution in [0.25, 0.3) is 0 Å². The molecule has 0 radical (unpaired) electrons. The molecule has 124 valence electrons. The molecule has 2 amide bonds. The molecule has 1 aromatic heterocycles. The lowest BCUT2D eigenvalue weighted by Crippen LogP contribution is -2.41. The van der Waals surface area contributed by atoms with Crippen molar-refractivity contribution in [2.75, 3.05) is 7.05 Å². The maximum absolute atomic E-state index is 12.3. The van der Waals surface area contributed by atoms with Crippen molar-refractivity contribution in [3.05, 3.63) is 59.9 Å². The zero-order chi connectivity index (χ0) is 16.7. The van der Waals surface area contributed by atoms with Crippen LogP contribution in [0.15, 0.2) is 48.8 Å². The molecule has 0 aliphatic rings. The van der Waals surface area contributed by atoms with Gasteiger partial charge in [0.25, 0.3) is 0 Å². The van der Waals surface area contributed by atoms with Gasteiger partial charge in [-0.1, -0.05) is 30.3 Å². The first kappa shape index (κ1) is 17.1. The fourth-order valence-corrected chi connectivity index (χ4v) is 2.55. The van der Waals surface area contributed by atoms with Gasteiger partial charge in [0.2, 0.25) is 0 Å². The first-order valence-corrected chi connectivity index (χ1v) is 8.28. The van der Waals surface area contributed by atoms with Gasteiger partial charge in [-0.15, -0.1) is 0 Å². The van der Waals surface area contributed by atoms with Crippen LogP contribution < -0.4 is 5.32 Å². The fraction of sp³-hybridized carbons (Fsp3) is 0.421. The number of hydrogen-bond donors (Lipinski definition) is 1. The number of nitrogens with zero attached hydrogens (tertiary/aromatic N) is 2. The van der Waals surface area contributed by atoms with E-state index in [0.29, 0.717) is 6.54 Å². The van der Waals surface area contributed by atoms with Crippen LogP contribution in [0.1, 0.15) is 31.4 Å². The smallest absolute Gasteiger partial charge is 0.317 e. The number of aryl methyl sites for hydroxylation is 2. The third kappa shape index (κ3) is 5.47. The summed E-state index contributed by atoms with van der Waals surface area (Å²) in [5.74, 6) is 0. The molecule has 1 aromatic carbocycles. The number of rotatable bonds is 7. The SMILES string of the molecule is CCn1ccc(CN(C)C(=O)NC(C)CCc2ccccc2)c1. The van der Waals surface area contributed by atoms with E-state index in [4.69, 9.17) is 0 Å². The average Bonchev–Trinajstić information content (AvgIpc) is 3.01. The number of amides is 2. The Morgan fingerprint density at radius 2 is 1.96 bits per heavy atom. The van der Waals surface area contributed by atoms with Crippen LogP contribution in [0.5, 0.6) is 0 Å². The number of nitrogens with one attached hydrogen (secondary N) is 1. The number of aromatic nitrogens is 1. The predicted octanol–water partition coefficient (Wildman–Crippen LogP) is 3.67. The summed E-state index contributed by atoms with van der Waals surface area (Å²) in [5.41, 5.74) is 2.46. The summed E-state index contributed by atoms with van der Waals surface area (Å²) < 4.78 is 2.11. The van der Waals surface area contributed by atoms with E-state index < -0.39 is 0 Å². The van der Waals surface area contributed by atoms with Crippen LogP contribution in [-0.4, -0.2) is 28.6 Å². The molecule has 0 saturated heterocycles. The number of carbonyl (C=O) groups excluding carboxylic acids is 1. The monoisotopic (exact) mass is 313 g/mol. The Labute approximate surface area is 139 Å². The number of carbonyl (C=O) groups is 1. The Bertz CT molecular complexity index is 606. The largest absolute Gasteiger partial charge is 0.354 e. The highest BCUT2D eigenvalue weighted by Gasteiger charge is 2.12. The summed E-state index contributed by atoms with van der Waals surface area (Å²) in [6.45, 7) is 5.74. The van der Waals surface area contributed by atoms with Crippen molar-refractivity contribution in [1.82, 2.24) is 14.8 Å². The molecule has 4 nitrogen and oxygen atoms in total. The van der Waals surface area contributed by atoms with E-state index in [9.17, 15) is 4.79 Å². The first-order valence-electron chi connectivity index (χ1n) is 8.28. The molecule has 0 spiro atoms. The number of urea groups is 1. The van der Waals surface area contributed by atoms with Gasteiger partial charge in [-0.05, 0) is 43.9 Å². The highest BCUT2D eigenvalue weighted by atomic mass is 16.2. The molecule has 2 rings (SSSR count). The summed E-state index contributed by atoms with van der Waals surface area (Å²) in [6, 6.07) is 12.6. The lowest BCUT2D eigenvalue weighted by molar-refractivity contribution is 0.203. The Morgan fingerprint density at radius 1 is 1.22 bits per heavy atom. The molecule has 0 bridgehead atoms. The summed E-state index contributed by atoms with van der Waals surface area (Å²) >= 11 is 0. The van der Waals surface area contributed by atoms with Crippen molar-refractivity contribution in [3.8, 4) is 0 Å². The van der Waals surface area contributed by atoms with Gasteiger partial charge in [-0.25, -0.2) is 4.79 Å². The number of hydrogen-bond acceptors (Lipinski definition) is 1. The van der Waals surface area contributed by atoms with Crippen molar-refractivity contribution in [2.45, 2.75) is 45.8 Å². The van der Waals surface area contributed by atoms with Gasteiger partial charge in [0.05, 0.1) is 0 Å². The molecule has 4 heteroatoms. The van der Waals surface area contributed by atoms with E-state index in [-0.39, 0.29) is 12.1 Å². The molecule has 0 aliphatic carbocycles. The van der Waals surface area contributed by atoms with E-state index in [2.05, 4.69) is 60.3 Å². The maximum atomic E-state index is 12.3. The predicted molar refractivity (Wildman–Crippen MR) is 94.3 cm³/mol. The van der Waals surface area contributed by atoms with Crippen LogP contribution >= 0.6 is 0 Å². The van der Waals surface area contributed by atoms with Crippen LogP contribution in [-0.2, 0) is 19.5 Å². The van der Waals surface area contributed by atoms with Gasteiger partial charge >= 0.3 is 6.03 Å². The second-order valence-corrected chi connectivity index (χ2v) is 6.08. The minimum atomic E-state index is -0.0187. The highest BCUT2D eigenvalue weighted by Crippen LogP contribution is 2.07. The Hall–Kier alpha value is -2.23. The molecule has 0 saturated carbocycles. The standard InChI is InChI=1S/C19H27N3O/c1-4-22-13-12-18(15-22)14-21(3)19(23)20-16(2)10-11-17-8-6-5-7-9-17/h5-9,12-13,15-16H,4,10-11,14H2,1-3H3,(H,20,23). The van der Waals surface area contributed by atoms with Crippen molar-refractivity contribution in [3.63, 3.8) is 0 Å². The van der Waals surface area contributed by atoms with E-state index >= 15 is 0 Å². The molecular formula is C19H27N3O. The molecule has 0 aliphatic heterocycles. The van der Waals surface area contributed by atoms with Crippen molar-refractivity contribution in [2.24, 2.45) is 0 Å². The highest BCUT2D eigenvalue weighted by molar-refractivity contribution is 5.74. The molecule has 1 unspecified atom stereocenters. The normalized spacial score (nSPS) is 12.0. The molecule has 1 heterocycles. The lowest BCUT2D eigenvalue weighted by Gasteiger charge is -2.21. The Balaban J connectivity index is 1.76. The zero-order valence-corrected chi connectivity index (χ0v) is 14.3. The maximum Gasteiger partial charge on any atom is 0.317 e. The average molecular weight is 313 g/mol. The van der Waals surface area contributed by atoms with Crippen molar-refractivity contribution >= 4 is 6.03 Å². The van der Waals surface area contributed by atoms with Crippen LogP contribution in [0.3, 0.4) is 0 Å². The Morgan fingerprint density at radius 3 is 2.61 bits per heavy atom. The van der Waals surface area contributed by atoms with E-state index in [1.807, 2.05) is 19.3 Å². The van der Waals surface area contributed by atoms with Gasteiger partial charge in [-0.3, -0.25) is 0 Å². The fourth-order valence-electron chi connectivity index (χ4n) is 2.55.